The molecule has 7 heteroatoms. The maximum atomic E-state index is 11.7. The Morgan fingerprint density at radius 1 is 1.19 bits per heavy atom. The molecule has 0 unspecified atom stereocenters. The molecular formula is C14H25N3O4. The van der Waals surface area contributed by atoms with Crippen LogP contribution in [0.5, 0.6) is 0 Å². The van der Waals surface area contributed by atoms with E-state index >= 15 is 0 Å². The molecule has 2 amide bonds. The van der Waals surface area contributed by atoms with Crippen LogP contribution in [0.3, 0.4) is 0 Å². The van der Waals surface area contributed by atoms with Crippen LogP contribution in [0.1, 0.15) is 39.5 Å². The molecule has 0 spiro atoms. The molecule has 21 heavy (non-hydrogen) atoms. The van der Waals surface area contributed by atoms with E-state index in [4.69, 9.17) is 10.8 Å². The zero-order valence-electron chi connectivity index (χ0n) is 12.6. The van der Waals surface area contributed by atoms with Gasteiger partial charge in [0, 0.05) is 6.04 Å². The van der Waals surface area contributed by atoms with Crippen LogP contribution in [-0.2, 0) is 14.4 Å². The van der Waals surface area contributed by atoms with Crippen LogP contribution in [-0.4, -0.2) is 41.5 Å². The minimum absolute atomic E-state index is 0.0104. The van der Waals surface area contributed by atoms with Gasteiger partial charge in [0.05, 0.1) is 18.5 Å². The molecule has 0 heterocycles. The van der Waals surface area contributed by atoms with Crippen LogP contribution < -0.4 is 16.4 Å². The average molecular weight is 299 g/mol. The number of carboxylic acid groups (broad SMARTS) is 1. The number of carbonyl (C=O) groups excluding carboxylic acids is 2. The van der Waals surface area contributed by atoms with E-state index in [-0.39, 0.29) is 36.2 Å². The Kier molecular flexibility index (Phi) is 6.61. The topological polar surface area (TPSA) is 122 Å². The van der Waals surface area contributed by atoms with Gasteiger partial charge < -0.3 is 21.5 Å². The molecule has 1 saturated carbocycles. The van der Waals surface area contributed by atoms with Crippen LogP contribution in [0.4, 0.5) is 0 Å². The summed E-state index contributed by atoms with van der Waals surface area (Å²) in [4.78, 5) is 34.2. The third-order valence-corrected chi connectivity index (χ3v) is 3.89. The van der Waals surface area contributed by atoms with Crippen molar-refractivity contribution in [2.24, 2.45) is 17.6 Å². The first-order chi connectivity index (χ1) is 9.81. The van der Waals surface area contributed by atoms with Gasteiger partial charge in [0.25, 0.3) is 0 Å². The van der Waals surface area contributed by atoms with Crippen LogP contribution in [0.2, 0.25) is 0 Å². The van der Waals surface area contributed by atoms with Gasteiger partial charge in [0.15, 0.2) is 0 Å². The van der Waals surface area contributed by atoms with E-state index in [1.54, 1.807) is 0 Å². The monoisotopic (exact) mass is 299 g/mol. The van der Waals surface area contributed by atoms with E-state index in [9.17, 15) is 14.4 Å². The predicted molar refractivity (Wildman–Crippen MR) is 77.3 cm³/mol. The number of amides is 2. The van der Waals surface area contributed by atoms with Gasteiger partial charge in [-0.15, -0.1) is 0 Å². The van der Waals surface area contributed by atoms with E-state index in [0.29, 0.717) is 25.7 Å². The number of nitrogens with one attached hydrogen (secondary N) is 2. The van der Waals surface area contributed by atoms with Gasteiger partial charge in [0.1, 0.15) is 0 Å². The van der Waals surface area contributed by atoms with Gasteiger partial charge in [-0.25, -0.2) is 0 Å². The van der Waals surface area contributed by atoms with Crippen molar-refractivity contribution in [2.45, 2.75) is 51.6 Å². The van der Waals surface area contributed by atoms with Crippen molar-refractivity contribution < 1.29 is 19.5 Å². The lowest BCUT2D eigenvalue weighted by molar-refractivity contribution is -0.142. The maximum absolute atomic E-state index is 11.7. The van der Waals surface area contributed by atoms with Crippen molar-refractivity contribution in [2.75, 3.05) is 6.54 Å². The molecule has 1 aliphatic carbocycles. The lowest BCUT2D eigenvalue weighted by Gasteiger charge is -2.27. The van der Waals surface area contributed by atoms with Gasteiger partial charge in [-0.2, -0.15) is 0 Å². The van der Waals surface area contributed by atoms with Crippen molar-refractivity contribution in [1.29, 1.82) is 0 Å². The highest BCUT2D eigenvalue weighted by Gasteiger charge is 2.26. The Labute approximate surface area is 124 Å². The SMILES string of the molecule is CC(C)[C@H](N)C(=O)NCC(=O)NC1CCC(C(=O)O)CC1. The van der Waals surface area contributed by atoms with Crippen LogP contribution in [0, 0.1) is 11.8 Å². The molecule has 5 N–H and O–H groups in total. The number of carboxylic acids is 1. The zero-order chi connectivity index (χ0) is 16.0. The Hall–Kier alpha value is -1.63. The molecule has 0 aromatic carbocycles. The Morgan fingerprint density at radius 3 is 2.24 bits per heavy atom. The molecule has 0 saturated heterocycles. The molecular weight excluding hydrogens is 274 g/mol. The number of carbonyl (C=O) groups is 3. The summed E-state index contributed by atoms with van der Waals surface area (Å²) >= 11 is 0. The number of hydrogen-bond acceptors (Lipinski definition) is 4. The third kappa shape index (κ3) is 5.71. The molecule has 1 rings (SSSR count). The largest absolute Gasteiger partial charge is 0.481 e. The van der Waals surface area contributed by atoms with Crippen LogP contribution >= 0.6 is 0 Å². The number of nitrogens with two attached hydrogens (primary N) is 1. The van der Waals surface area contributed by atoms with E-state index in [0.717, 1.165) is 0 Å². The summed E-state index contributed by atoms with van der Waals surface area (Å²) in [6.45, 7) is 3.58. The fourth-order valence-corrected chi connectivity index (χ4v) is 2.35. The first kappa shape index (κ1) is 17.4. The third-order valence-electron chi connectivity index (χ3n) is 3.89. The molecule has 0 aliphatic heterocycles. The van der Waals surface area contributed by atoms with E-state index < -0.39 is 12.0 Å². The van der Waals surface area contributed by atoms with Crippen molar-refractivity contribution in [3.8, 4) is 0 Å². The molecule has 1 atom stereocenters. The highest BCUT2D eigenvalue weighted by Crippen LogP contribution is 2.24. The van der Waals surface area contributed by atoms with E-state index in [1.165, 1.54) is 0 Å². The first-order valence-electron chi connectivity index (χ1n) is 7.36. The molecule has 7 nitrogen and oxygen atoms in total. The van der Waals surface area contributed by atoms with Gasteiger partial charge in [-0.1, -0.05) is 13.8 Å². The molecule has 120 valence electrons. The fourth-order valence-electron chi connectivity index (χ4n) is 2.35. The molecule has 0 aromatic rings. The first-order valence-corrected chi connectivity index (χ1v) is 7.36. The second-order valence-electron chi connectivity index (χ2n) is 5.94. The fraction of sp³-hybridized carbons (Fsp3) is 0.786. The predicted octanol–water partition coefficient (Wildman–Crippen LogP) is -0.154. The van der Waals surface area contributed by atoms with Crippen LogP contribution in [0.15, 0.2) is 0 Å². The second-order valence-corrected chi connectivity index (χ2v) is 5.94. The van der Waals surface area contributed by atoms with Crippen molar-refractivity contribution in [1.82, 2.24) is 10.6 Å². The quantitative estimate of drug-likeness (QED) is 0.543. The Morgan fingerprint density at radius 2 is 1.76 bits per heavy atom. The summed E-state index contributed by atoms with van der Waals surface area (Å²) in [6.07, 6.45) is 2.46. The minimum Gasteiger partial charge on any atom is -0.481 e. The Bertz CT molecular complexity index is 390. The summed E-state index contributed by atoms with van der Waals surface area (Å²) in [5, 5.41) is 14.2. The summed E-state index contributed by atoms with van der Waals surface area (Å²) in [5.41, 5.74) is 5.67. The molecule has 0 aromatic heterocycles. The lowest BCUT2D eigenvalue weighted by atomic mass is 9.86. The number of hydrogen-bond donors (Lipinski definition) is 4. The van der Waals surface area contributed by atoms with Gasteiger partial charge in [0.2, 0.25) is 11.8 Å². The number of rotatable bonds is 6. The Balaban J connectivity index is 2.26. The molecule has 0 radical (unpaired) electrons. The van der Waals surface area contributed by atoms with Gasteiger partial charge in [-0.05, 0) is 31.6 Å². The normalized spacial score (nSPS) is 23.4. The standard InChI is InChI=1S/C14H25N3O4/c1-8(2)12(15)13(19)16-7-11(18)17-10-5-3-9(4-6-10)14(20)21/h8-10,12H,3-7,15H2,1-2H3,(H,16,19)(H,17,18)(H,20,21)/t9?,10?,12-/m0/s1. The average Bonchev–Trinajstić information content (AvgIpc) is 2.44. The van der Waals surface area contributed by atoms with Crippen molar-refractivity contribution >= 4 is 17.8 Å². The lowest BCUT2D eigenvalue weighted by Crippen LogP contribution is -2.49. The highest BCUT2D eigenvalue weighted by atomic mass is 16.4. The molecule has 0 bridgehead atoms. The summed E-state index contributed by atoms with van der Waals surface area (Å²) < 4.78 is 0. The summed E-state index contributed by atoms with van der Waals surface area (Å²) in [7, 11) is 0. The van der Waals surface area contributed by atoms with Crippen molar-refractivity contribution in [3.05, 3.63) is 0 Å². The summed E-state index contributed by atoms with van der Waals surface area (Å²) in [5.74, 6) is -1.66. The molecule has 1 aliphatic rings. The zero-order valence-corrected chi connectivity index (χ0v) is 12.6. The minimum atomic E-state index is -0.769. The van der Waals surface area contributed by atoms with Crippen LogP contribution in [0.25, 0.3) is 0 Å². The number of aliphatic carboxylic acids is 1. The second kappa shape index (κ2) is 7.97. The van der Waals surface area contributed by atoms with Gasteiger partial charge in [-0.3, -0.25) is 14.4 Å². The maximum Gasteiger partial charge on any atom is 0.306 e. The molecule has 1 fully saturated rings. The highest BCUT2D eigenvalue weighted by molar-refractivity contribution is 5.87. The smallest absolute Gasteiger partial charge is 0.306 e. The summed E-state index contributed by atoms with van der Waals surface area (Å²) in [6, 6.07) is -0.632. The van der Waals surface area contributed by atoms with E-state index in [1.807, 2.05) is 13.8 Å². The van der Waals surface area contributed by atoms with E-state index in [2.05, 4.69) is 10.6 Å². The van der Waals surface area contributed by atoms with Crippen molar-refractivity contribution in [3.63, 3.8) is 0 Å². The van der Waals surface area contributed by atoms with Gasteiger partial charge >= 0.3 is 5.97 Å².